The van der Waals surface area contributed by atoms with Crippen LogP contribution in [-0.4, -0.2) is 25.9 Å². The fraction of sp³-hybridized carbons (Fsp3) is 0.304. The van der Waals surface area contributed by atoms with Crippen molar-refractivity contribution in [1.82, 2.24) is 5.32 Å². The van der Waals surface area contributed by atoms with Crippen LogP contribution in [0.25, 0.3) is 0 Å². The van der Waals surface area contributed by atoms with Gasteiger partial charge in [0.2, 0.25) is 5.91 Å². The summed E-state index contributed by atoms with van der Waals surface area (Å²) in [6, 6.07) is 13.7. The number of benzene rings is 2. The Kier molecular flexibility index (Phi) is 5.46. The molecular formula is C23H22BrNO4. The quantitative estimate of drug-likeness (QED) is 0.738. The summed E-state index contributed by atoms with van der Waals surface area (Å²) < 4.78 is 11.6. The summed E-state index contributed by atoms with van der Waals surface area (Å²) in [6.45, 7) is 0. The predicted octanol–water partition coefficient (Wildman–Crippen LogP) is 4.47. The third-order valence-electron chi connectivity index (χ3n) is 5.69. The number of halogens is 1. The number of carbonyl (C=O) groups excluding carboxylic acids is 2. The first-order valence-electron chi connectivity index (χ1n) is 9.54. The van der Waals surface area contributed by atoms with Gasteiger partial charge in [-0.2, -0.15) is 0 Å². The van der Waals surface area contributed by atoms with Gasteiger partial charge in [-0.1, -0.05) is 46.3 Å². The molecule has 0 aromatic heterocycles. The molecule has 29 heavy (non-hydrogen) atoms. The van der Waals surface area contributed by atoms with Crippen molar-refractivity contribution in [3.05, 3.63) is 69.3 Å². The Bertz CT molecular complexity index is 999. The Balaban J connectivity index is 1.76. The molecule has 0 saturated heterocycles. The van der Waals surface area contributed by atoms with E-state index in [0.717, 1.165) is 21.3 Å². The molecular weight excluding hydrogens is 434 g/mol. The van der Waals surface area contributed by atoms with Crippen molar-refractivity contribution >= 4 is 27.6 Å². The molecule has 1 aliphatic heterocycles. The molecule has 150 valence electrons. The molecule has 2 aromatic carbocycles. The van der Waals surface area contributed by atoms with Gasteiger partial charge in [0.05, 0.1) is 14.2 Å². The maximum Gasteiger partial charge on any atom is 0.225 e. The highest BCUT2D eigenvalue weighted by molar-refractivity contribution is 9.10. The molecule has 2 aromatic rings. The van der Waals surface area contributed by atoms with Crippen LogP contribution in [0.1, 0.15) is 42.2 Å². The van der Waals surface area contributed by atoms with E-state index in [9.17, 15) is 9.59 Å². The number of ether oxygens (including phenoxy) is 2. The van der Waals surface area contributed by atoms with Crippen LogP contribution >= 0.6 is 15.9 Å². The van der Waals surface area contributed by atoms with E-state index in [-0.39, 0.29) is 29.9 Å². The molecule has 0 fully saturated rings. The molecule has 0 radical (unpaired) electrons. The minimum absolute atomic E-state index is 0.0723. The molecule has 1 amide bonds. The number of methoxy groups -OCH3 is 2. The number of Topliss-reactive ketones (excluding diaryl/α,β-unsaturated/α-hetero) is 1. The largest absolute Gasteiger partial charge is 0.493 e. The van der Waals surface area contributed by atoms with Gasteiger partial charge in [-0.15, -0.1) is 0 Å². The van der Waals surface area contributed by atoms with Crippen LogP contribution in [-0.2, 0) is 9.59 Å². The summed E-state index contributed by atoms with van der Waals surface area (Å²) in [6.07, 6.45) is 1.33. The summed E-state index contributed by atoms with van der Waals surface area (Å²) in [5.41, 5.74) is 3.44. The molecule has 2 aliphatic rings. The first-order chi connectivity index (χ1) is 14.0. The van der Waals surface area contributed by atoms with Crippen LogP contribution < -0.4 is 14.8 Å². The summed E-state index contributed by atoms with van der Waals surface area (Å²) in [5, 5.41) is 2.97. The Labute approximate surface area is 178 Å². The summed E-state index contributed by atoms with van der Waals surface area (Å²) in [7, 11) is 3.15. The highest BCUT2D eigenvalue weighted by Gasteiger charge is 2.39. The topological polar surface area (TPSA) is 64.6 Å². The Morgan fingerprint density at radius 1 is 0.966 bits per heavy atom. The molecule has 6 heteroatoms. The fourth-order valence-corrected chi connectivity index (χ4v) is 4.92. The normalized spacial score (nSPS) is 21.5. The molecule has 0 bridgehead atoms. The van der Waals surface area contributed by atoms with E-state index in [1.54, 1.807) is 14.2 Å². The Hall–Kier alpha value is -2.60. The minimum atomic E-state index is -0.308. The lowest BCUT2D eigenvalue weighted by Crippen LogP contribution is -2.38. The van der Waals surface area contributed by atoms with Gasteiger partial charge in [0.15, 0.2) is 17.3 Å². The molecule has 0 spiro atoms. The lowest BCUT2D eigenvalue weighted by Gasteiger charge is -2.35. The first-order valence-corrected chi connectivity index (χ1v) is 10.3. The number of rotatable bonds is 4. The molecule has 1 heterocycles. The van der Waals surface area contributed by atoms with E-state index in [1.165, 1.54) is 0 Å². The highest BCUT2D eigenvalue weighted by Crippen LogP contribution is 2.46. The number of allylic oxidation sites excluding steroid dienone is 2. The second kappa shape index (κ2) is 8.03. The third kappa shape index (κ3) is 3.69. The second-order valence-corrected chi connectivity index (χ2v) is 8.22. The summed E-state index contributed by atoms with van der Waals surface area (Å²) >= 11 is 3.59. The van der Waals surface area contributed by atoms with Crippen molar-refractivity contribution in [3.63, 3.8) is 0 Å². The number of ketones is 1. The Morgan fingerprint density at radius 3 is 2.34 bits per heavy atom. The van der Waals surface area contributed by atoms with E-state index in [4.69, 9.17) is 9.47 Å². The van der Waals surface area contributed by atoms with Gasteiger partial charge in [-0.25, -0.2) is 0 Å². The molecule has 4 rings (SSSR count). The summed E-state index contributed by atoms with van der Waals surface area (Å²) in [4.78, 5) is 25.7. The van der Waals surface area contributed by atoms with E-state index < -0.39 is 0 Å². The number of amides is 1. The zero-order chi connectivity index (χ0) is 20.5. The number of hydrogen-bond acceptors (Lipinski definition) is 4. The van der Waals surface area contributed by atoms with Gasteiger partial charge in [0.25, 0.3) is 0 Å². The van der Waals surface area contributed by atoms with E-state index in [2.05, 4.69) is 21.2 Å². The van der Waals surface area contributed by atoms with Crippen molar-refractivity contribution in [3.8, 4) is 11.5 Å². The van der Waals surface area contributed by atoms with Crippen LogP contribution in [0.15, 0.2) is 58.2 Å². The van der Waals surface area contributed by atoms with Crippen LogP contribution in [0.2, 0.25) is 0 Å². The van der Waals surface area contributed by atoms with Gasteiger partial charge >= 0.3 is 0 Å². The first kappa shape index (κ1) is 19.7. The molecule has 1 aliphatic carbocycles. The lowest BCUT2D eigenvalue weighted by molar-refractivity contribution is -0.122. The molecule has 2 atom stereocenters. The number of nitrogens with one attached hydrogen (secondary N) is 1. The molecule has 1 N–H and O–H groups in total. The fourth-order valence-electron chi connectivity index (χ4n) is 4.32. The smallest absolute Gasteiger partial charge is 0.225 e. The van der Waals surface area contributed by atoms with Crippen molar-refractivity contribution in [2.45, 2.75) is 31.1 Å². The van der Waals surface area contributed by atoms with Crippen LogP contribution in [0.4, 0.5) is 0 Å². The standard InChI is InChI=1S/C23H22BrNO4/c1-28-20-10-15(17(24)12-21(20)29-2)16-11-22(27)25-18-8-14(9-19(26)23(16)18)13-6-4-3-5-7-13/h3-7,10,12,14,16H,8-9,11H2,1-2H3,(H,25,27). The second-order valence-electron chi connectivity index (χ2n) is 7.36. The lowest BCUT2D eigenvalue weighted by atomic mass is 9.73. The van der Waals surface area contributed by atoms with Crippen molar-refractivity contribution in [2.24, 2.45) is 0 Å². The van der Waals surface area contributed by atoms with Crippen LogP contribution in [0, 0.1) is 0 Å². The zero-order valence-corrected chi connectivity index (χ0v) is 17.9. The molecule has 2 unspecified atom stereocenters. The van der Waals surface area contributed by atoms with Gasteiger partial charge < -0.3 is 14.8 Å². The predicted molar refractivity (Wildman–Crippen MR) is 113 cm³/mol. The monoisotopic (exact) mass is 455 g/mol. The van der Waals surface area contributed by atoms with Crippen LogP contribution in [0.3, 0.4) is 0 Å². The minimum Gasteiger partial charge on any atom is -0.493 e. The van der Waals surface area contributed by atoms with Crippen LogP contribution in [0.5, 0.6) is 11.5 Å². The maximum absolute atomic E-state index is 13.2. The van der Waals surface area contributed by atoms with E-state index in [1.807, 2.05) is 42.5 Å². The number of carbonyl (C=O) groups is 2. The number of hydrogen-bond donors (Lipinski definition) is 1. The maximum atomic E-state index is 13.2. The van der Waals surface area contributed by atoms with Gasteiger partial charge in [0, 0.05) is 34.5 Å². The molecule has 0 saturated carbocycles. The van der Waals surface area contributed by atoms with Gasteiger partial charge in [0.1, 0.15) is 0 Å². The van der Waals surface area contributed by atoms with Crippen molar-refractivity contribution in [1.29, 1.82) is 0 Å². The third-order valence-corrected chi connectivity index (χ3v) is 6.37. The van der Waals surface area contributed by atoms with E-state index in [0.29, 0.717) is 29.9 Å². The zero-order valence-electron chi connectivity index (χ0n) is 16.3. The van der Waals surface area contributed by atoms with Crippen molar-refractivity contribution in [2.75, 3.05) is 14.2 Å². The van der Waals surface area contributed by atoms with Crippen molar-refractivity contribution < 1.29 is 19.1 Å². The SMILES string of the molecule is COc1cc(Br)c(C2CC(=O)NC3=C2C(=O)CC(c2ccccc2)C3)cc1OC. The summed E-state index contributed by atoms with van der Waals surface area (Å²) in [5.74, 6) is 0.956. The highest BCUT2D eigenvalue weighted by atomic mass is 79.9. The average Bonchev–Trinajstić information content (AvgIpc) is 2.73. The van der Waals surface area contributed by atoms with E-state index >= 15 is 0 Å². The Morgan fingerprint density at radius 2 is 1.66 bits per heavy atom. The molecule has 5 nitrogen and oxygen atoms in total. The van der Waals surface area contributed by atoms with Gasteiger partial charge in [-0.3, -0.25) is 9.59 Å². The van der Waals surface area contributed by atoms with Gasteiger partial charge in [-0.05, 0) is 35.6 Å². The average molecular weight is 456 g/mol.